The van der Waals surface area contributed by atoms with Gasteiger partial charge in [-0.2, -0.15) is 0 Å². The third kappa shape index (κ3) is 7.15. The first kappa shape index (κ1) is 22.4. The topological polar surface area (TPSA) is 109 Å². The number of para-hydroxylation sites is 1. The molecule has 7 heteroatoms. The summed E-state index contributed by atoms with van der Waals surface area (Å²) in [6.07, 6.45) is 4.39. The Balaban J connectivity index is 1.23. The van der Waals surface area contributed by atoms with Gasteiger partial charge in [0, 0.05) is 30.2 Å². The molecule has 1 atom stereocenters. The van der Waals surface area contributed by atoms with Gasteiger partial charge in [-0.15, -0.1) is 0 Å². The molecule has 1 aromatic heterocycles. The normalized spacial score (nSPS) is 11.8. The molecule has 1 heterocycles. The molecule has 0 aliphatic heterocycles. The Bertz CT molecular complexity index is 971. The first-order valence-corrected chi connectivity index (χ1v) is 10.7. The number of alkyl carbamates (subject to hydrolysis) is 1. The average molecular weight is 423 g/mol. The van der Waals surface area contributed by atoms with Crippen LogP contribution in [0, 0.1) is 0 Å². The number of benzene rings is 2. The lowest BCUT2D eigenvalue weighted by Gasteiger charge is -2.12. The van der Waals surface area contributed by atoms with Gasteiger partial charge >= 0.3 is 6.09 Å². The van der Waals surface area contributed by atoms with E-state index in [1.165, 1.54) is 0 Å². The van der Waals surface area contributed by atoms with Crippen molar-refractivity contribution in [2.75, 3.05) is 13.2 Å². The molecule has 0 aliphatic rings. The number of hydrogen-bond donors (Lipinski definition) is 4. The lowest BCUT2D eigenvalue weighted by molar-refractivity contribution is -0.122. The van der Waals surface area contributed by atoms with Crippen LogP contribution in [0.2, 0.25) is 0 Å². The summed E-state index contributed by atoms with van der Waals surface area (Å²) in [5.74, 6) is -0.151. The van der Waals surface area contributed by atoms with E-state index in [2.05, 4.69) is 15.6 Å². The van der Waals surface area contributed by atoms with E-state index in [4.69, 9.17) is 10.5 Å². The van der Waals surface area contributed by atoms with Gasteiger partial charge in [0.25, 0.3) is 0 Å². The summed E-state index contributed by atoms with van der Waals surface area (Å²) in [5.41, 5.74) is 9.19. The molecule has 0 bridgehead atoms. The summed E-state index contributed by atoms with van der Waals surface area (Å²) >= 11 is 0. The number of aromatic nitrogens is 1. The van der Waals surface area contributed by atoms with Crippen LogP contribution in [0.1, 0.15) is 30.4 Å². The van der Waals surface area contributed by atoms with Crippen molar-refractivity contribution in [2.24, 2.45) is 5.73 Å². The summed E-state index contributed by atoms with van der Waals surface area (Å²) in [5, 5.41) is 6.71. The molecule has 0 spiro atoms. The van der Waals surface area contributed by atoms with Gasteiger partial charge in [0.05, 0.1) is 12.6 Å². The third-order valence-electron chi connectivity index (χ3n) is 5.08. The van der Waals surface area contributed by atoms with E-state index in [1.807, 2.05) is 60.8 Å². The smallest absolute Gasteiger partial charge is 0.407 e. The summed E-state index contributed by atoms with van der Waals surface area (Å²) in [7, 11) is 0. The van der Waals surface area contributed by atoms with Crippen molar-refractivity contribution in [3.63, 3.8) is 0 Å². The maximum absolute atomic E-state index is 12.2. The van der Waals surface area contributed by atoms with Crippen LogP contribution >= 0.6 is 0 Å². The SMILES string of the molecule is N[C@@H](Cc1c[nH]c2ccccc12)C(=O)NCCCCCOC(=O)NCc1ccccc1. The van der Waals surface area contributed by atoms with Crippen LogP contribution in [0.4, 0.5) is 4.79 Å². The second-order valence-electron chi connectivity index (χ2n) is 7.50. The van der Waals surface area contributed by atoms with Gasteiger partial charge in [-0.05, 0) is 42.9 Å². The average Bonchev–Trinajstić information content (AvgIpc) is 3.20. The number of ether oxygens (including phenoxy) is 1. The molecule has 0 saturated heterocycles. The fourth-order valence-corrected chi connectivity index (χ4v) is 3.36. The van der Waals surface area contributed by atoms with Gasteiger partial charge in [-0.1, -0.05) is 48.5 Å². The van der Waals surface area contributed by atoms with Crippen LogP contribution in [-0.4, -0.2) is 36.2 Å². The van der Waals surface area contributed by atoms with Crippen LogP contribution in [0.5, 0.6) is 0 Å². The fourth-order valence-electron chi connectivity index (χ4n) is 3.36. The van der Waals surface area contributed by atoms with E-state index >= 15 is 0 Å². The molecule has 164 valence electrons. The zero-order valence-corrected chi connectivity index (χ0v) is 17.6. The maximum Gasteiger partial charge on any atom is 0.407 e. The molecule has 0 fully saturated rings. The van der Waals surface area contributed by atoms with E-state index in [1.54, 1.807) is 0 Å². The van der Waals surface area contributed by atoms with Crippen LogP contribution in [-0.2, 0) is 22.5 Å². The summed E-state index contributed by atoms with van der Waals surface area (Å²) in [6.45, 7) is 1.36. The number of nitrogens with two attached hydrogens (primary N) is 1. The van der Waals surface area contributed by atoms with E-state index in [0.717, 1.165) is 41.3 Å². The number of carbonyl (C=O) groups is 2. The lowest BCUT2D eigenvalue weighted by atomic mass is 10.1. The first-order chi connectivity index (χ1) is 15.1. The largest absolute Gasteiger partial charge is 0.450 e. The van der Waals surface area contributed by atoms with Crippen LogP contribution in [0.25, 0.3) is 10.9 Å². The lowest BCUT2D eigenvalue weighted by Crippen LogP contribution is -2.42. The molecule has 7 nitrogen and oxygen atoms in total. The Morgan fingerprint density at radius 1 is 0.968 bits per heavy atom. The van der Waals surface area contributed by atoms with E-state index in [-0.39, 0.29) is 5.91 Å². The van der Waals surface area contributed by atoms with Crippen LogP contribution in [0.15, 0.2) is 60.8 Å². The molecular formula is C24H30N4O3. The Morgan fingerprint density at radius 3 is 2.58 bits per heavy atom. The highest BCUT2D eigenvalue weighted by Crippen LogP contribution is 2.18. The second-order valence-corrected chi connectivity index (χ2v) is 7.50. The van der Waals surface area contributed by atoms with Crippen molar-refractivity contribution in [2.45, 2.75) is 38.3 Å². The molecule has 0 aliphatic carbocycles. The minimum Gasteiger partial charge on any atom is -0.450 e. The van der Waals surface area contributed by atoms with Gasteiger partial charge < -0.3 is 26.1 Å². The monoisotopic (exact) mass is 422 g/mol. The zero-order valence-electron chi connectivity index (χ0n) is 17.6. The van der Waals surface area contributed by atoms with Gasteiger partial charge in [0.1, 0.15) is 0 Å². The van der Waals surface area contributed by atoms with Gasteiger partial charge in [0.15, 0.2) is 0 Å². The number of amides is 2. The molecule has 2 amide bonds. The maximum atomic E-state index is 12.2. The van der Waals surface area contributed by atoms with Gasteiger partial charge in [-0.25, -0.2) is 4.79 Å². The zero-order chi connectivity index (χ0) is 21.9. The van der Waals surface area contributed by atoms with Crippen LogP contribution in [0.3, 0.4) is 0 Å². The molecule has 3 aromatic rings. The predicted molar refractivity (Wildman–Crippen MR) is 121 cm³/mol. The van der Waals surface area contributed by atoms with Crippen molar-refractivity contribution < 1.29 is 14.3 Å². The van der Waals surface area contributed by atoms with Crippen molar-refractivity contribution >= 4 is 22.9 Å². The summed E-state index contributed by atoms with van der Waals surface area (Å²) < 4.78 is 5.16. The van der Waals surface area contributed by atoms with Gasteiger partial charge in [-0.3, -0.25) is 4.79 Å². The van der Waals surface area contributed by atoms with Gasteiger partial charge in [0.2, 0.25) is 5.91 Å². The number of carbonyl (C=O) groups excluding carboxylic acids is 2. The number of aromatic amines is 1. The molecule has 3 rings (SSSR count). The Morgan fingerprint density at radius 2 is 1.74 bits per heavy atom. The Labute approximate surface area is 182 Å². The molecule has 0 radical (unpaired) electrons. The number of hydrogen-bond acceptors (Lipinski definition) is 4. The van der Waals surface area contributed by atoms with E-state index in [0.29, 0.717) is 26.1 Å². The van der Waals surface area contributed by atoms with Crippen molar-refractivity contribution in [1.29, 1.82) is 0 Å². The molecule has 0 saturated carbocycles. The molecular weight excluding hydrogens is 392 g/mol. The highest BCUT2D eigenvalue weighted by molar-refractivity contribution is 5.86. The van der Waals surface area contributed by atoms with Crippen molar-refractivity contribution in [3.05, 3.63) is 71.9 Å². The highest BCUT2D eigenvalue weighted by atomic mass is 16.5. The van der Waals surface area contributed by atoms with E-state index in [9.17, 15) is 9.59 Å². The van der Waals surface area contributed by atoms with E-state index < -0.39 is 12.1 Å². The number of nitrogens with one attached hydrogen (secondary N) is 3. The summed E-state index contributed by atoms with van der Waals surface area (Å²) in [4.78, 5) is 27.1. The minimum atomic E-state index is -0.587. The molecule has 2 aromatic carbocycles. The number of unbranched alkanes of at least 4 members (excludes halogenated alkanes) is 2. The minimum absolute atomic E-state index is 0.151. The number of H-pyrrole nitrogens is 1. The second kappa shape index (κ2) is 11.8. The van der Waals surface area contributed by atoms with Crippen LogP contribution < -0.4 is 16.4 Å². The predicted octanol–water partition coefficient (Wildman–Crippen LogP) is 3.25. The third-order valence-corrected chi connectivity index (χ3v) is 5.08. The summed E-state index contributed by atoms with van der Waals surface area (Å²) in [6, 6.07) is 17.1. The standard InChI is InChI=1S/C24H30N4O3/c25-21(15-19-17-27-22-12-6-5-11-20(19)22)23(29)26-13-7-2-8-14-31-24(30)28-16-18-9-3-1-4-10-18/h1,3-6,9-12,17,21,27H,2,7-8,13-16,25H2,(H,26,29)(H,28,30)/t21-/m0/s1. The number of fused-ring (bicyclic) bond motifs is 1. The molecule has 31 heavy (non-hydrogen) atoms. The quantitative estimate of drug-likeness (QED) is 0.356. The Hall–Kier alpha value is -3.32. The highest BCUT2D eigenvalue weighted by Gasteiger charge is 2.15. The molecule has 5 N–H and O–H groups in total. The molecule has 0 unspecified atom stereocenters. The first-order valence-electron chi connectivity index (χ1n) is 10.7. The fraction of sp³-hybridized carbons (Fsp3) is 0.333. The van der Waals surface area contributed by atoms with Crippen molar-refractivity contribution in [1.82, 2.24) is 15.6 Å². The number of rotatable bonds is 11. The Kier molecular flexibility index (Phi) is 8.48. The van der Waals surface area contributed by atoms with Crippen molar-refractivity contribution in [3.8, 4) is 0 Å².